The van der Waals surface area contributed by atoms with Gasteiger partial charge in [0.2, 0.25) is 0 Å². The number of carbonyl (C=O) groups is 1. The molecule has 3 atom stereocenters. The number of pyridine rings is 1. The number of hydrogen-bond donors (Lipinski definition) is 1. The summed E-state index contributed by atoms with van der Waals surface area (Å²) in [7, 11) is 0. The molecule has 1 aromatic rings. The molecule has 2 bridgehead atoms. The van der Waals surface area contributed by atoms with Gasteiger partial charge in [0.25, 0.3) is 5.91 Å². The van der Waals surface area contributed by atoms with Crippen LogP contribution in [0.25, 0.3) is 0 Å². The van der Waals surface area contributed by atoms with Crippen molar-refractivity contribution >= 4 is 5.91 Å². The second-order valence-corrected chi connectivity index (χ2v) is 5.76. The van der Waals surface area contributed by atoms with Crippen LogP contribution in [-0.2, 0) is 0 Å². The van der Waals surface area contributed by atoms with Crippen LogP contribution < -0.4 is 5.73 Å². The van der Waals surface area contributed by atoms with Crippen LogP contribution in [0.2, 0.25) is 0 Å². The zero-order valence-electron chi connectivity index (χ0n) is 11.2. The van der Waals surface area contributed by atoms with Crippen molar-refractivity contribution in [2.75, 3.05) is 13.1 Å². The van der Waals surface area contributed by atoms with E-state index < -0.39 is 0 Å². The van der Waals surface area contributed by atoms with Crippen LogP contribution in [-0.4, -0.2) is 34.9 Å². The fourth-order valence-corrected chi connectivity index (χ4v) is 3.70. The largest absolute Gasteiger partial charge is 0.335 e. The number of aromatic nitrogens is 1. The van der Waals surface area contributed by atoms with Gasteiger partial charge in [0.1, 0.15) is 0 Å². The topological polar surface area (TPSA) is 59.2 Å². The van der Waals surface area contributed by atoms with E-state index in [9.17, 15) is 4.79 Å². The van der Waals surface area contributed by atoms with Gasteiger partial charge in [-0.2, -0.15) is 0 Å². The average Bonchev–Trinajstić information content (AvgIpc) is 2.48. The van der Waals surface area contributed by atoms with E-state index in [4.69, 9.17) is 5.73 Å². The molecule has 3 fully saturated rings. The zero-order valence-corrected chi connectivity index (χ0v) is 11.2. The minimum atomic E-state index is 0.147. The summed E-state index contributed by atoms with van der Waals surface area (Å²) in [6.07, 6.45) is 8.02. The van der Waals surface area contributed by atoms with Crippen LogP contribution in [0.15, 0.2) is 24.5 Å². The molecule has 3 aliphatic rings. The predicted molar refractivity (Wildman–Crippen MR) is 73.6 cm³/mol. The van der Waals surface area contributed by atoms with Crippen molar-refractivity contribution < 1.29 is 4.79 Å². The molecule has 1 aromatic heterocycles. The summed E-state index contributed by atoms with van der Waals surface area (Å²) in [5.74, 6) is 1.52. The Kier molecular flexibility index (Phi) is 3.51. The second kappa shape index (κ2) is 5.29. The van der Waals surface area contributed by atoms with Gasteiger partial charge in [0.15, 0.2) is 0 Å². The lowest BCUT2D eigenvalue weighted by Crippen LogP contribution is -2.54. The molecule has 0 radical (unpaired) electrons. The van der Waals surface area contributed by atoms with Crippen molar-refractivity contribution in [1.82, 2.24) is 9.88 Å². The van der Waals surface area contributed by atoms with Crippen molar-refractivity contribution in [2.45, 2.75) is 31.7 Å². The highest BCUT2D eigenvalue weighted by molar-refractivity contribution is 5.94. The third-order valence-corrected chi connectivity index (χ3v) is 4.69. The van der Waals surface area contributed by atoms with Crippen molar-refractivity contribution in [1.29, 1.82) is 0 Å². The monoisotopic (exact) mass is 259 g/mol. The van der Waals surface area contributed by atoms with Gasteiger partial charge >= 0.3 is 0 Å². The predicted octanol–water partition coefficient (Wildman–Crippen LogP) is 1.67. The van der Waals surface area contributed by atoms with Crippen LogP contribution in [0.5, 0.6) is 0 Å². The third-order valence-electron chi connectivity index (χ3n) is 4.69. The number of amides is 1. The highest BCUT2D eigenvalue weighted by Crippen LogP contribution is 2.41. The molecule has 1 saturated carbocycles. The molecule has 2 N–H and O–H groups in total. The third kappa shape index (κ3) is 2.37. The number of carbonyl (C=O) groups excluding carboxylic acids is 1. The lowest BCUT2D eigenvalue weighted by Gasteiger charge is -2.49. The molecule has 1 amide bonds. The quantitative estimate of drug-likeness (QED) is 0.898. The van der Waals surface area contributed by atoms with Gasteiger partial charge in [0.05, 0.1) is 5.56 Å². The maximum atomic E-state index is 12.5. The van der Waals surface area contributed by atoms with Crippen LogP contribution in [0.3, 0.4) is 0 Å². The van der Waals surface area contributed by atoms with Crippen LogP contribution in [0.1, 0.15) is 36.0 Å². The molecule has 4 heteroatoms. The van der Waals surface area contributed by atoms with Gasteiger partial charge in [-0.25, -0.2) is 0 Å². The number of rotatable bonds is 3. The smallest absolute Gasteiger partial charge is 0.255 e. The molecule has 0 spiro atoms. The summed E-state index contributed by atoms with van der Waals surface area (Å²) in [6.45, 7) is 1.67. The first-order valence-corrected chi connectivity index (χ1v) is 7.20. The molecular formula is C15H21N3O. The Bertz CT molecular complexity index is 448. The summed E-state index contributed by atoms with van der Waals surface area (Å²) in [4.78, 5) is 18.6. The Labute approximate surface area is 114 Å². The molecule has 19 heavy (non-hydrogen) atoms. The molecule has 0 aromatic carbocycles. The first-order chi connectivity index (χ1) is 9.29. The molecule has 2 aliphatic heterocycles. The van der Waals surface area contributed by atoms with E-state index in [2.05, 4.69) is 9.88 Å². The van der Waals surface area contributed by atoms with E-state index in [-0.39, 0.29) is 5.91 Å². The highest BCUT2D eigenvalue weighted by atomic mass is 16.2. The van der Waals surface area contributed by atoms with Gasteiger partial charge in [0, 0.05) is 25.0 Å². The Morgan fingerprint density at radius 3 is 3.00 bits per heavy atom. The number of nitrogens with two attached hydrogens (primary N) is 1. The first kappa shape index (κ1) is 12.6. The number of piperidine rings is 2. The zero-order chi connectivity index (χ0) is 13.2. The fourth-order valence-electron chi connectivity index (χ4n) is 3.70. The molecule has 4 nitrogen and oxygen atoms in total. The lowest BCUT2D eigenvalue weighted by atomic mass is 9.70. The Morgan fingerprint density at radius 2 is 2.37 bits per heavy atom. The number of nitrogens with zero attached hydrogens (tertiary/aromatic N) is 2. The lowest BCUT2D eigenvalue weighted by molar-refractivity contribution is 0.00698. The maximum Gasteiger partial charge on any atom is 0.255 e. The Balaban J connectivity index is 1.73. The van der Waals surface area contributed by atoms with E-state index in [1.165, 1.54) is 6.42 Å². The highest BCUT2D eigenvalue weighted by Gasteiger charge is 2.41. The molecule has 102 valence electrons. The first-order valence-electron chi connectivity index (χ1n) is 7.20. The molecule has 2 saturated heterocycles. The van der Waals surface area contributed by atoms with Crippen LogP contribution >= 0.6 is 0 Å². The normalized spacial score (nSPS) is 29.5. The SMILES string of the molecule is NCCC1CC2CCC1CN2C(=O)c1cccnc1. The summed E-state index contributed by atoms with van der Waals surface area (Å²) >= 11 is 0. The molecular weight excluding hydrogens is 238 g/mol. The van der Waals surface area contributed by atoms with Crippen molar-refractivity contribution in [3.63, 3.8) is 0 Å². The van der Waals surface area contributed by atoms with E-state index in [1.54, 1.807) is 12.4 Å². The van der Waals surface area contributed by atoms with Crippen molar-refractivity contribution in [3.8, 4) is 0 Å². The Hall–Kier alpha value is -1.42. The van der Waals surface area contributed by atoms with E-state index >= 15 is 0 Å². The van der Waals surface area contributed by atoms with Crippen LogP contribution in [0, 0.1) is 11.8 Å². The van der Waals surface area contributed by atoms with Gasteiger partial charge in [-0.05, 0) is 56.2 Å². The second-order valence-electron chi connectivity index (χ2n) is 5.76. The molecule has 1 aliphatic carbocycles. The number of hydrogen-bond acceptors (Lipinski definition) is 3. The minimum Gasteiger partial charge on any atom is -0.335 e. The Morgan fingerprint density at radius 1 is 1.47 bits per heavy atom. The van der Waals surface area contributed by atoms with E-state index in [0.717, 1.165) is 38.3 Å². The molecule has 3 unspecified atom stereocenters. The van der Waals surface area contributed by atoms with Gasteiger partial charge in [-0.3, -0.25) is 9.78 Å². The van der Waals surface area contributed by atoms with Crippen LogP contribution in [0.4, 0.5) is 0 Å². The molecule has 3 heterocycles. The fraction of sp³-hybridized carbons (Fsp3) is 0.600. The summed E-state index contributed by atoms with van der Waals surface area (Å²) in [5, 5.41) is 0. The average molecular weight is 259 g/mol. The van der Waals surface area contributed by atoms with Gasteiger partial charge in [-0.1, -0.05) is 0 Å². The standard InChI is InChI=1S/C15H21N3O/c16-6-5-11-8-14-4-3-13(11)10-18(14)15(19)12-2-1-7-17-9-12/h1-2,7,9,11,13-14H,3-6,8,10,16H2. The maximum absolute atomic E-state index is 12.5. The summed E-state index contributed by atoms with van der Waals surface area (Å²) in [6, 6.07) is 4.09. The van der Waals surface area contributed by atoms with E-state index in [0.29, 0.717) is 17.5 Å². The van der Waals surface area contributed by atoms with E-state index in [1.807, 2.05) is 12.1 Å². The summed E-state index contributed by atoms with van der Waals surface area (Å²) in [5.41, 5.74) is 6.40. The van der Waals surface area contributed by atoms with Crippen molar-refractivity contribution in [2.24, 2.45) is 17.6 Å². The van der Waals surface area contributed by atoms with Gasteiger partial charge < -0.3 is 10.6 Å². The molecule has 4 rings (SSSR count). The van der Waals surface area contributed by atoms with Gasteiger partial charge in [-0.15, -0.1) is 0 Å². The summed E-state index contributed by atoms with van der Waals surface area (Å²) < 4.78 is 0. The minimum absolute atomic E-state index is 0.147. The van der Waals surface area contributed by atoms with Crippen molar-refractivity contribution in [3.05, 3.63) is 30.1 Å². The number of fused-ring (bicyclic) bond motifs is 3.